The number of benzene rings is 1. The zero-order valence-corrected chi connectivity index (χ0v) is 14.8. The lowest BCUT2D eigenvalue weighted by Crippen LogP contribution is -2.03. The first kappa shape index (κ1) is 20.2. The fraction of sp³-hybridized carbons (Fsp3) is 0.333. The zero-order valence-electron chi connectivity index (χ0n) is 12.5. The molecule has 1 rings (SSSR count). The molecule has 0 amide bonds. The van der Waals surface area contributed by atoms with E-state index in [1.165, 1.54) is 6.07 Å². The fourth-order valence-corrected chi connectivity index (χ4v) is 3.32. The van der Waals surface area contributed by atoms with Crippen molar-refractivity contribution in [3.63, 3.8) is 0 Å². The maximum Gasteiger partial charge on any atom is 0.296 e. The fourth-order valence-electron chi connectivity index (χ4n) is 1.94. The molecule has 0 atom stereocenters. The Morgan fingerprint density at radius 2 is 1.91 bits per heavy atom. The van der Waals surface area contributed by atoms with Crippen molar-refractivity contribution in [2.45, 2.75) is 24.7 Å². The Balaban J connectivity index is 3.34. The normalized spacial score (nSPS) is 13.5. The number of hydrogen-bond donors (Lipinski definition) is 3. The first-order valence-corrected chi connectivity index (χ1v) is 8.92. The molecule has 0 bridgehead atoms. The van der Waals surface area contributed by atoms with E-state index in [0.29, 0.717) is 23.1 Å². The molecule has 0 unspecified atom stereocenters. The average molecular weight is 381 g/mol. The van der Waals surface area contributed by atoms with Crippen molar-refractivity contribution in [2.24, 2.45) is 0 Å². The minimum atomic E-state index is -4.46. The van der Waals surface area contributed by atoms with Gasteiger partial charge in [0.25, 0.3) is 10.1 Å². The van der Waals surface area contributed by atoms with E-state index >= 15 is 0 Å². The van der Waals surface area contributed by atoms with Crippen molar-refractivity contribution in [3.8, 4) is 0 Å². The Morgan fingerprint density at radius 1 is 1.26 bits per heavy atom. The lowest BCUT2D eigenvalue weighted by atomic mass is 10.0. The standard InChI is InChI=1S/C15H18Cl2O5S/c1-10(9-19)7-11(3-2-6-18)8-12-13(16)4-5-14(15(12)17)23(20,21)22/h3-5,7,18-19H,2,6,8-9H2,1H3,(H,20,21,22)/b10-7-,11-3+. The van der Waals surface area contributed by atoms with Gasteiger partial charge in [-0.25, -0.2) is 0 Å². The van der Waals surface area contributed by atoms with Crippen LogP contribution in [0.25, 0.3) is 0 Å². The average Bonchev–Trinajstić information content (AvgIpc) is 2.46. The van der Waals surface area contributed by atoms with Gasteiger partial charge in [-0.05, 0) is 42.2 Å². The summed E-state index contributed by atoms with van der Waals surface area (Å²) in [5, 5.41) is 18.2. The summed E-state index contributed by atoms with van der Waals surface area (Å²) in [6.07, 6.45) is 4.03. The van der Waals surface area contributed by atoms with Crippen LogP contribution in [0.5, 0.6) is 0 Å². The van der Waals surface area contributed by atoms with Crippen LogP contribution < -0.4 is 0 Å². The Kier molecular flexibility index (Phi) is 7.73. The number of aliphatic hydroxyl groups is 2. The number of halogens is 2. The maximum atomic E-state index is 11.3. The molecule has 128 valence electrons. The van der Waals surface area contributed by atoms with Crippen LogP contribution in [-0.4, -0.2) is 36.4 Å². The summed E-state index contributed by atoms with van der Waals surface area (Å²) < 4.78 is 31.9. The molecule has 0 radical (unpaired) electrons. The van der Waals surface area contributed by atoms with Gasteiger partial charge < -0.3 is 10.2 Å². The van der Waals surface area contributed by atoms with E-state index in [1.807, 2.05) is 0 Å². The summed E-state index contributed by atoms with van der Waals surface area (Å²) >= 11 is 12.2. The van der Waals surface area contributed by atoms with E-state index in [0.717, 1.165) is 6.07 Å². The van der Waals surface area contributed by atoms with Crippen molar-refractivity contribution < 1.29 is 23.2 Å². The van der Waals surface area contributed by atoms with Crippen molar-refractivity contribution in [1.29, 1.82) is 0 Å². The predicted molar refractivity (Wildman–Crippen MR) is 90.6 cm³/mol. The molecule has 0 aliphatic carbocycles. The van der Waals surface area contributed by atoms with Crippen molar-refractivity contribution in [3.05, 3.63) is 51.0 Å². The molecule has 0 aliphatic heterocycles. The molecule has 0 saturated heterocycles. The largest absolute Gasteiger partial charge is 0.396 e. The van der Waals surface area contributed by atoms with Crippen molar-refractivity contribution in [2.75, 3.05) is 13.2 Å². The number of hydrogen-bond acceptors (Lipinski definition) is 4. The van der Waals surface area contributed by atoms with Crippen LogP contribution in [0.1, 0.15) is 18.9 Å². The SMILES string of the molecule is C/C(=C/C(=C\CCO)Cc1c(Cl)ccc(S(=O)(=O)O)c1Cl)CO. The molecule has 0 aliphatic rings. The topological polar surface area (TPSA) is 94.8 Å². The second kappa shape index (κ2) is 8.82. The van der Waals surface area contributed by atoms with E-state index in [4.69, 9.17) is 33.4 Å². The highest BCUT2D eigenvalue weighted by atomic mass is 35.5. The van der Waals surface area contributed by atoms with Crippen LogP contribution >= 0.6 is 23.2 Å². The summed E-state index contributed by atoms with van der Waals surface area (Å²) in [7, 11) is -4.46. The van der Waals surface area contributed by atoms with Crippen LogP contribution in [0.15, 0.2) is 40.3 Å². The summed E-state index contributed by atoms with van der Waals surface area (Å²) in [5.74, 6) is 0. The quantitative estimate of drug-likeness (QED) is 0.499. The summed E-state index contributed by atoms with van der Waals surface area (Å²) in [4.78, 5) is -0.414. The van der Waals surface area contributed by atoms with E-state index in [1.54, 1.807) is 19.1 Å². The molecule has 0 heterocycles. The third kappa shape index (κ3) is 5.91. The molecule has 1 aromatic rings. The Labute approximate surface area is 145 Å². The van der Waals surface area contributed by atoms with E-state index in [2.05, 4.69) is 0 Å². The van der Waals surface area contributed by atoms with E-state index < -0.39 is 15.0 Å². The van der Waals surface area contributed by atoms with Gasteiger partial charge in [-0.15, -0.1) is 0 Å². The van der Waals surface area contributed by atoms with E-state index in [-0.39, 0.29) is 29.7 Å². The molecule has 0 saturated carbocycles. The third-order valence-corrected chi connectivity index (χ3v) is 4.82. The second-order valence-electron chi connectivity index (χ2n) is 4.93. The first-order chi connectivity index (χ1) is 10.7. The van der Waals surface area contributed by atoms with Crippen molar-refractivity contribution >= 4 is 33.3 Å². The number of rotatable bonds is 7. The Bertz CT molecular complexity index is 724. The molecule has 3 N–H and O–H groups in total. The second-order valence-corrected chi connectivity index (χ2v) is 7.11. The molecular formula is C15H18Cl2O5S. The smallest absolute Gasteiger partial charge is 0.296 e. The van der Waals surface area contributed by atoms with Gasteiger partial charge in [-0.1, -0.05) is 35.4 Å². The van der Waals surface area contributed by atoms with Gasteiger partial charge in [-0.3, -0.25) is 4.55 Å². The zero-order chi connectivity index (χ0) is 17.6. The maximum absolute atomic E-state index is 11.3. The van der Waals surface area contributed by atoms with Crippen molar-refractivity contribution in [1.82, 2.24) is 0 Å². The molecule has 23 heavy (non-hydrogen) atoms. The predicted octanol–water partition coefficient (Wildman–Crippen LogP) is 3.03. The van der Waals surface area contributed by atoms with Crippen LogP contribution in [0.3, 0.4) is 0 Å². The monoisotopic (exact) mass is 380 g/mol. The lowest BCUT2D eigenvalue weighted by Gasteiger charge is -2.12. The van der Waals surface area contributed by atoms with Crippen LogP contribution in [0.2, 0.25) is 10.0 Å². The molecule has 1 aromatic carbocycles. The van der Waals surface area contributed by atoms with Gasteiger partial charge in [0.1, 0.15) is 4.90 Å². The molecule has 0 aromatic heterocycles. The highest BCUT2D eigenvalue weighted by molar-refractivity contribution is 7.86. The van der Waals surface area contributed by atoms with Crippen LogP contribution in [0, 0.1) is 0 Å². The minimum Gasteiger partial charge on any atom is -0.396 e. The van der Waals surface area contributed by atoms with Crippen LogP contribution in [-0.2, 0) is 16.5 Å². The van der Waals surface area contributed by atoms with Gasteiger partial charge in [-0.2, -0.15) is 8.42 Å². The van der Waals surface area contributed by atoms with E-state index in [9.17, 15) is 13.0 Å². The molecule has 8 heteroatoms. The summed E-state index contributed by atoms with van der Waals surface area (Å²) in [5.41, 5.74) is 1.74. The van der Waals surface area contributed by atoms with Crippen LogP contribution in [0.4, 0.5) is 0 Å². The Morgan fingerprint density at radius 3 is 2.43 bits per heavy atom. The highest BCUT2D eigenvalue weighted by Gasteiger charge is 2.19. The number of allylic oxidation sites excluding steroid dienone is 2. The first-order valence-electron chi connectivity index (χ1n) is 6.73. The van der Waals surface area contributed by atoms with Gasteiger partial charge in [0.05, 0.1) is 11.6 Å². The summed E-state index contributed by atoms with van der Waals surface area (Å²) in [6.45, 7) is 1.54. The third-order valence-electron chi connectivity index (χ3n) is 3.03. The van der Waals surface area contributed by atoms with Gasteiger partial charge in [0, 0.05) is 18.1 Å². The highest BCUT2D eigenvalue weighted by Crippen LogP contribution is 2.33. The molecule has 0 fully saturated rings. The summed E-state index contributed by atoms with van der Waals surface area (Å²) in [6, 6.07) is 2.48. The minimum absolute atomic E-state index is 0.0535. The molecule has 5 nitrogen and oxygen atoms in total. The lowest BCUT2D eigenvalue weighted by molar-refractivity contribution is 0.302. The molecule has 0 spiro atoms. The van der Waals surface area contributed by atoms with Gasteiger partial charge >= 0.3 is 0 Å². The van der Waals surface area contributed by atoms with Gasteiger partial charge in [0.2, 0.25) is 0 Å². The van der Waals surface area contributed by atoms with Gasteiger partial charge in [0.15, 0.2) is 0 Å². The Hall–Kier alpha value is -0.890. The molecular weight excluding hydrogens is 363 g/mol. The number of aliphatic hydroxyl groups excluding tert-OH is 2.